The number of hydrogen-bond donors (Lipinski definition) is 3. The van der Waals surface area contributed by atoms with Gasteiger partial charge in [-0.3, -0.25) is 33.7 Å². The lowest BCUT2D eigenvalue weighted by Crippen LogP contribution is -2.44. The van der Waals surface area contributed by atoms with E-state index in [0.717, 1.165) is 0 Å². The van der Waals surface area contributed by atoms with Gasteiger partial charge in [-0.1, -0.05) is 12.1 Å². The summed E-state index contributed by atoms with van der Waals surface area (Å²) in [5.74, 6) is -0.533. The Kier molecular flexibility index (Phi) is 8.67. The number of phenolic OH excluding ortho intramolecular Hbond substituents is 1. The minimum Gasteiger partial charge on any atom is -0.508 e. The third-order valence-electron chi connectivity index (χ3n) is 8.74. The molecule has 1 unspecified atom stereocenters. The first kappa shape index (κ1) is 31.1. The summed E-state index contributed by atoms with van der Waals surface area (Å²) in [6.45, 7) is 3.55. The predicted molar refractivity (Wildman–Crippen MR) is 168 cm³/mol. The maximum absolute atomic E-state index is 14.5. The zero-order chi connectivity index (χ0) is 32.5. The number of likely N-dealkylation sites (tertiary alicyclic amines) is 1. The molecule has 46 heavy (non-hydrogen) atoms. The summed E-state index contributed by atoms with van der Waals surface area (Å²) >= 11 is 0. The quantitative estimate of drug-likeness (QED) is 0.189. The highest BCUT2D eigenvalue weighted by Crippen LogP contribution is 2.32. The monoisotopic (exact) mass is 633 g/mol. The summed E-state index contributed by atoms with van der Waals surface area (Å²) in [5.41, 5.74) is 0.984. The average molecular weight is 634 g/mol. The molecule has 0 radical (unpaired) electrons. The topological polar surface area (TPSA) is 144 Å². The van der Waals surface area contributed by atoms with Crippen molar-refractivity contribution in [2.45, 2.75) is 44.8 Å². The van der Waals surface area contributed by atoms with Gasteiger partial charge in [0.15, 0.2) is 0 Å². The SMILES string of the molecule is Cc1c(O)cc2ccc(OCCNC(=O)CN3CCC(Oc4cccc5c4n(C)c(=O)n5C4CCC(=O)NC4=O)CC3)cc2c1F. The molecule has 0 aliphatic carbocycles. The van der Waals surface area contributed by atoms with Gasteiger partial charge >= 0.3 is 5.69 Å². The van der Waals surface area contributed by atoms with Crippen LogP contribution in [-0.2, 0) is 21.4 Å². The van der Waals surface area contributed by atoms with E-state index in [1.54, 1.807) is 43.4 Å². The summed E-state index contributed by atoms with van der Waals surface area (Å²) in [7, 11) is 1.64. The number of phenols is 1. The standard InChI is InChI=1S/C33H36FN5O7/c1-19-26(40)16-20-6-7-22(17-23(20)30(19)34)45-15-12-35-29(42)18-38-13-10-21(11-14-38)46-27-5-3-4-24-31(27)37(2)33(44)39(24)25-8-9-28(41)36-32(25)43/h3-7,16-17,21,25,40H,8-15,18H2,1-2H3,(H,35,42)(H,36,41,43). The number of halogens is 1. The van der Waals surface area contributed by atoms with E-state index in [4.69, 9.17) is 9.47 Å². The third kappa shape index (κ3) is 6.14. The number of carbonyl (C=O) groups is 3. The number of imidazole rings is 1. The number of ether oxygens (including phenoxy) is 2. The summed E-state index contributed by atoms with van der Waals surface area (Å²) in [5, 5.41) is 15.9. The number of amides is 3. The Labute approximate surface area is 263 Å². The number of carbonyl (C=O) groups excluding carboxylic acids is 3. The zero-order valence-electron chi connectivity index (χ0n) is 25.7. The second kappa shape index (κ2) is 12.8. The van der Waals surface area contributed by atoms with Gasteiger partial charge < -0.3 is 19.9 Å². The van der Waals surface area contributed by atoms with Crippen LogP contribution in [-0.4, -0.2) is 75.8 Å². The van der Waals surface area contributed by atoms with Crippen LogP contribution >= 0.6 is 0 Å². The molecule has 2 aliphatic rings. The molecule has 1 atom stereocenters. The Balaban J connectivity index is 0.987. The van der Waals surface area contributed by atoms with Crippen LogP contribution in [0.25, 0.3) is 21.8 Å². The van der Waals surface area contributed by atoms with Gasteiger partial charge in [0.25, 0.3) is 0 Å². The van der Waals surface area contributed by atoms with E-state index >= 15 is 0 Å². The number of nitrogens with zero attached hydrogens (tertiary/aromatic N) is 3. The number of aromatic nitrogens is 2. The van der Waals surface area contributed by atoms with Crippen LogP contribution in [0.2, 0.25) is 0 Å². The largest absolute Gasteiger partial charge is 0.508 e. The number of para-hydroxylation sites is 1. The van der Waals surface area contributed by atoms with Gasteiger partial charge in [0.2, 0.25) is 17.7 Å². The molecule has 2 saturated heterocycles. The molecule has 2 aliphatic heterocycles. The molecule has 3 aromatic carbocycles. The molecule has 0 spiro atoms. The molecule has 4 aromatic rings. The lowest BCUT2D eigenvalue weighted by Gasteiger charge is -2.31. The number of hydrogen-bond acceptors (Lipinski definition) is 8. The summed E-state index contributed by atoms with van der Waals surface area (Å²) in [6.07, 6.45) is 1.67. The number of aryl methyl sites for hydroxylation is 1. The first-order valence-corrected chi connectivity index (χ1v) is 15.3. The number of fused-ring (bicyclic) bond motifs is 2. The van der Waals surface area contributed by atoms with Crippen LogP contribution in [0.4, 0.5) is 4.39 Å². The molecule has 3 N–H and O–H groups in total. The highest BCUT2D eigenvalue weighted by Gasteiger charge is 2.32. The molecule has 12 nitrogen and oxygen atoms in total. The normalized spacial score (nSPS) is 17.8. The van der Waals surface area contributed by atoms with E-state index in [9.17, 15) is 28.7 Å². The average Bonchev–Trinajstić information content (AvgIpc) is 3.29. The van der Waals surface area contributed by atoms with Crippen LogP contribution in [0.15, 0.2) is 47.3 Å². The lowest BCUT2D eigenvalue weighted by molar-refractivity contribution is -0.135. The van der Waals surface area contributed by atoms with Crippen molar-refractivity contribution in [1.82, 2.24) is 24.7 Å². The van der Waals surface area contributed by atoms with Crippen LogP contribution in [0, 0.1) is 12.7 Å². The maximum Gasteiger partial charge on any atom is 0.329 e. The van der Waals surface area contributed by atoms with E-state index in [0.29, 0.717) is 59.2 Å². The van der Waals surface area contributed by atoms with Crippen molar-refractivity contribution in [3.8, 4) is 17.2 Å². The van der Waals surface area contributed by atoms with Crippen molar-refractivity contribution in [2.75, 3.05) is 32.8 Å². The van der Waals surface area contributed by atoms with Crippen molar-refractivity contribution >= 4 is 39.5 Å². The Morgan fingerprint density at radius 2 is 1.89 bits per heavy atom. The van der Waals surface area contributed by atoms with Crippen molar-refractivity contribution in [1.29, 1.82) is 0 Å². The Morgan fingerprint density at radius 1 is 1.11 bits per heavy atom. The first-order chi connectivity index (χ1) is 22.1. The number of rotatable bonds is 9. The van der Waals surface area contributed by atoms with Gasteiger partial charge in [0.1, 0.15) is 47.3 Å². The fourth-order valence-corrected chi connectivity index (χ4v) is 6.22. The van der Waals surface area contributed by atoms with Crippen LogP contribution in [0.1, 0.15) is 37.3 Å². The van der Waals surface area contributed by atoms with E-state index in [1.807, 2.05) is 0 Å². The Morgan fingerprint density at radius 3 is 2.65 bits per heavy atom. The van der Waals surface area contributed by atoms with Crippen molar-refractivity contribution in [3.63, 3.8) is 0 Å². The second-order valence-electron chi connectivity index (χ2n) is 11.8. The second-order valence-corrected chi connectivity index (χ2v) is 11.8. The molecule has 3 amide bonds. The molecule has 1 aromatic heterocycles. The molecular weight excluding hydrogens is 597 g/mol. The van der Waals surface area contributed by atoms with E-state index in [1.165, 1.54) is 22.1 Å². The molecule has 2 fully saturated rings. The summed E-state index contributed by atoms with van der Waals surface area (Å²) < 4.78 is 29.5. The van der Waals surface area contributed by atoms with Crippen LogP contribution < -0.4 is 25.8 Å². The first-order valence-electron chi connectivity index (χ1n) is 15.3. The number of nitrogens with one attached hydrogen (secondary N) is 2. The summed E-state index contributed by atoms with van der Waals surface area (Å²) in [6, 6.07) is 11.1. The minimum atomic E-state index is -0.770. The van der Waals surface area contributed by atoms with Gasteiger partial charge in [0.05, 0.1) is 18.6 Å². The fourth-order valence-electron chi connectivity index (χ4n) is 6.22. The number of benzene rings is 3. The van der Waals surface area contributed by atoms with E-state index in [-0.39, 0.29) is 67.5 Å². The summed E-state index contributed by atoms with van der Waals surface area (Å²) in [4.78, 5) is 52.0. The highest BCUT2D eigenvalue weighted by molar-refractivity contribution is 6.00. The minimum absolute atomic E-state index is 0.0943. The van der Waals surface area contributed by atoms with Gasteiger partial charge in [-0.15, -0.1) is 0 Å². The number of piperidine rings is 2. The molecule has 242 valence electrons. The number of imide groups is 1. The molecule has 0 saturated carbocycles. The fraction of sp³-hybridized carbons (Fsp3) is 0.394. The lowest BCUT2D eigenvalue weighted by atomic mass is 10.1. The Hall–Kier alpha value is -4.91. The zero-order valence-corrected chi connectivity index (χ0v) is 25.7. The molecule has 13 heteroatoms. The van der Waals surface area contributed by atoms with Gasteiger partial charge in [-0.25, -0.2) is 9.18 Å². The van der Waals surface area contributed by atoms with Crippen molar-refractivity contribution < 1.29 is 33.4 Å². The van der Waals surface area contributed by atoms with Crippen molar-refractivity contribution in [3.05, 3.63) is 64.3 Å². The van der Waals surface area contributed by atoms with E-state index in [2.05, 4.69) is 15.5 Å². The highest BCUT2D eigenvalue weighted by atomic mass is 19.1. The molecule has 3 heterocycles. The molecule has 0 bridgehead atoms. The maximum atomic E-state index is 14.5. The predicted octanol–water partition coefficient (Wildman–Crippen LogP) is 2.66. The van der Waals surface area contributed by atoms with Gasteiger partial charge in [-0.2, -0.15) is 0 Å². The molecular formula is C33H36FN5O7. The third-order valence-corrected chi connectivity index (χ3v) is 8.74. The van der Waals surface area contributed by atoms with Gasteiger partial charge in [0, 0.05) is 37.5 Å². The smallest absolute Gasteiger partial charge is 0.329 e. The van der Waals surface area contributed by atoms with Crippen LogP contribution in [0.5, 0.6) is 17.2 Å². The Bertz CT molecular complexity index is 1890. The van der Waals surface area contributed by atoms with E-state index < -0.39 is 17.8 Å². The number of aromatic hydroxyl groups is 1. The van der Waals surface area contributed by atoms with Crippen molar-refractivity contribution in [2.24, 2.45) is 7.05 Å². The van der Waals surface area contributed by atoms with Crippen LogP contribution in [0.3, 0.4) is 0 Å². The van der Waals surface area contributed by atoms with Gasteiger partial charge in [-0.05, 0) is 61.9 Å². The molecule has 6 rings (SSSR count).